The van der Waals surface area contributed by atoms with E-state index in [2.05, 4.69) is 0 Å². The Morgan fingerprint density at radius 3 is 1.30 bits per heavy atom. The van der Waals surface area contributed by atoms with Gasteiger partial charge in [0.05, 0.1) is 19.8 Å². The van der Waals surface area contributed by atoms with E-state index in [0.717, 1.165) is 12.5 Å². The van der Waals surface area contributed by atoms with E-state index >= 15 is 0 Å². The number of ether oxygens (including phenoxy) is 2. The first-order valence-electron chi connectivity index (χ1n) is 7.54. The number of rotatable bonds is 16. The average Bonchev–Trinajstić information content (AvgIpc) is 2.61. The fourth-order valence-electron chi connectivity index (χ4n) is 2.02. The van der Waals surface area contributed by atoms with Crippen molar-refractivity contribution in [2.24, 2.45) is 0 Å². The molecule has 23 heavy (non-hydrogen) atoms. The van der Waals surface area contributed by atoms with Crippen LogP contribution in [0.25, 0.3) is 0 Å². The lowest BCUT2D eigenvalue weighted by molar-refractivity contribution is 0.0429. The number of hydrogen-bond donors (Lipinski definition) is 0. The van der Waals surface area contributed by atoms with Crippen molar-refractivity contribution >= 4 is 17.6 Å². The zero-order valence-corrected chi connectivity index (χ0v) is 17.2. The van der Waals surface area contributed by atoms with Gasteiger partial charge in [-0.2, -0.15) is 0 Å². The Morgan fingerprint density at radius 1 is 0.478 bits per heavy atom. The lowest BCUT2D eigenvalue weighted by Crippen LogP contribution is -2.43. The Bertz CT molecular complexity index is 232. The van der Waals surface area contributed by atoms with Crippen LogP contribution in [-0.2, 0) is 36.0 Å². The molecule has 0 aromatic carbocycles. The highest BCUT2D eigenvalue weighted by Crippen LogP contribution is 2.15. The fraction of sp³-hybridized carbons (Fsp3) is 1.00. The third kappa shape index (κ3) is 8.67. The summed E-state index contributed by atoms with van der Waals surface area (Å²) >= 11 is 0. The van der Waals surface area contributed by atoms with Crippen molar-refractivity contribution in [3.05, 3.63) is 0 Å². The lowest BCUT2D eigenvalue weighted by Gasteiger charge is -2.24. The summed E-state index contributed by atoms with van der Waals surface area (Å²) in [6.07, 6.45) is 0.814. The third-order valence-corrected chi connectivity index (χ3v) is 9.08. The molecule has 8 nitrogen and oxygen atoms in total. The molecular weight excluding hydrogens is 340 g/mol. The molecule has 0 radical (unpaired) electrons. The summed E-state index contributed by atoms with van der Waals surface area (Å²) in [6.45, 7) is 2.17. The van der Waals surface area contributed by atoms with Gasteiger partial charge in [0.2, 0.25) is 0 Å². The molecule has 0 N–H and O–H groups in total. The molecule has 0 aliphatic carbocycles. The molecule has 0 amide bonds. The van der Waals surface area contributed by atoms with E-state index in [4.69, 9.17) is 36.0 Å². The van der Waals surface area contributed by atoms with Crippen molar-refractivity contribution in [3.8, 4) is 0 Å². The second kappa shape index (κ2) is 13.4. The maximum absolute atomic E-state index is 5.52. The molecule has 0 unspecified atom stereocenters. The van der Waals surface area contributed by atoms with Crippen molar-refractivity contribution in [2.45, 2.75) is 18.5 Å². The number of hydrogen-bond acceptors (Lipinski definition) is 8. The van der Waals surface area contributed by atoms with Crippen molar-refractivity contribution in [1.82, 2.24) is 0 Å². The van der Waals surface area contributed by atoms with Crippen LogP contribution in [0.3, 0.4) is 0 Å². The van der Waals surface area contributed by atoms with E-state index in [0.29, 0.717) is 32.5 Å². The minimum atomic E-state index is -2.54. The smallest absolute Gasteiger partial charge is 0.379 e. The van der Waals surface area contributed by atoms with E-state index < -0.39 is 17.6 Å². The van der Waals surface area contributed by atoms with Crippen molar-refractivity contribution in [1.29, 1.82) is 0 Å². The van der Waals surface area contributed by atoms with Gasteiger partial charge in [-0.3, -0.25) is 0 Å². The van der Waals surface area contributed by atoms with Crippen LogP contribution in [0.5, 0.6) is 0 Å². The van der Waals surface area contributed by atoms with E-state index in [-0.39, 0.29) is 0 Å². The van der Waals surface area contributed by atoms with Gasteiger partial charge in [0.15, 0.2) is 0 Å². The first-order valence-corrected chi connectivity index (χ1v) is 11.4. The minimum absolute atomic E-state index is 0.512. The lowest BCUT2D eigenvalue weighted by atomic mass is 10.5. The molecule has 0 aliphatic rings. The summed E-state index contributed by atoms with van der Waals surface area (Å²) in [5.74, 6) is 0. The molecule has 0 rings (SSSR count). The maximum Gasteiger partial charge on any atom is 0.502 e. The molecule has 0 aromatic heterocycles. The molecule has 0 fully saturated rings. The molecule has 0 saturated heterocycles. The van der Waals surface area contributed by atoms with Crippen LogP contribution in [0.2, 0.25) is 12.1 Å². The molecule has 0 bridgehead atoms. The van der Waals surface area contributed by atoms with Gasteiger partial charge in [0, 0.05) is 61.4 Å². The molecule has 0 atom stereocenters. The van der Waals surface area contributed by atoms with Gasteiger partial charge < -0.3 is 36.0 Å². The molecule has 0 aliphatic heterocycles. The Labute approximate surface area is 142 Å². The van der Waals surface area contributed by atoms with E-state index in [9.17, 15) is 0 Å². The second-order valence-electron chi connectivity index (χ2n) is 4.67. The van der Waals surface area contributed by atoms with E-state index in [1.165, 1.54) is 0 Å². The molecule has 0 saturated carbocycles. The highest BCUT2D eigenvalue weighted by molar-refractivity contribution is 6.60. The topological polar surface area (TPSA) is 73.8 Å². The zero-order chi connectivity index (χ0) is 17.6. The van der Waals surface area contributed by atoms with Crippen LogP contribution in [0.15, 0.2) is 0 Å². The van der Waals surface area contributed by atoms with Crippen molar-refractivity contribution < 1.29 is 36.0 Å². The van der Waals surface area contributed by atoms with Crippen LogP contribution in [-0.4, -0.2) is 86.7 Å². The van der Waals surface area contributed by atoms with Gasteiger partial charge in [-0.25, -0.2) is 0 Å². The van der Waals surface area contributed by atoms with Gasteiger partial charge in [0.1, 0.15) is 0 Å². The minimum Gasteiger partial charge on any atom is -0.379 e. The fourth-order valence-corrected chi connectivity index (χ4v) is 5.22. The summed E-state index contributed by atoms with van der Waals surface area (Å²) in [5, 5.41) is 0. The van der Waals surface area contributed by atoms with Gasteiger partial charge >= 0.3 is 17.6 Å². The third-order valence-electron chi connectivity index (χ3n) is 3.56. The Hall–Kier alpha value is 0.114. The maximum atomic E-state index is 5.52. The van der Waals surface area contributed by atoms with Crippen LogP contribution in [0.4, 0.5) is 0 Å². The summed E-state index contributed by atoms with van der Waals surface area (Å²) in [4.78, 5) is 0. The molecule has 140 valence electrons. The largest absolute Gasteiger partial charge is 0.502 e. The normalized spacial score (nSPS) is 12.8. The average molecular weight is 373 g/mol. The molecule has 10 heteroatoms. The Morgan fingerprint density at radius 2 is 0.870 bits per heavy atom. The van der Waals surface area contributed by atoms with Crippen LogP contribution in [0.1, 0.15) is 6.42 Å². The van der Waals surface area contributed by atoms with Gasteiger partial charge in [-0.05, 0) is 6.42 Å². The van der Waals surface area contributed by atoms with Crippen molar-refractivity contribution in [2.75, 3.05) is 69.1 Å². The van der Waals surface area contributed by atoms with Gasteiger partial charge in [0.25, 0.3) is 0 Å². The monoisotopic (exact) mass is 372 g/mol. The standard InChI is InChI=1S/C13H32O8Si2/c1-14-22(15-2,16-3)12-7-8-20-9-10-21-11-13-23(17-4,18-5)19-6/h7-13H2,1-6H3. The predicted molar refractivity (Wildman–Crippen MR) is 89.4 cm³/mol. The van der Waals surface area contributed by atoms with Crippen LogP contribution < -0.4 is 0 Å². The zero-order valence-electron chi connectivity index (χ0n) is 15.2. The summed E-state index contributed by atoms with van der Waals surface area (Å²) in [7, 11) is 4.58. The summed E-state index contributed by atoms with van der Waals surface area (Å²) in [6, 6.07) is 1.33. The summed E-state index contributed by atoms with van der Waals surface area (Å²) < 4.78 is 43.0. The van der Waals surface area contributed by atoms with Crippen molar-refractivity contribution in [3.63, 3.8) is 0 Å². The van der Waals surface area contributed by atoms with E-state index in [1.54, 1.807) is 42.7 Å². The molecule has 0 spiro atoms. The van der Waals surface area contributed by atoms with Gasteiger partial charge in [-0.1, -0.05) is 0 Å². The second-order valence-corrected chi connectivity index (χ2v) is 10.9. The highest BCUT2D eigenvalue weighted by Gasteiger charge is 2.37. The first-order chi connectivity index (χ1) is 11.1. The molecule has 0 heterocycles. The first kappa shape index (κ1) is 23.1. The SMILES string of the molecule is CO[Si](CCCOCCOCC[Si](OC)(OC)OC)(OC)OC. The van der Waals surface area contributed by atoms with Gasteiger partial charge in [-0.15, -0.1) is 0 Å². The van der Waals surface area contributed by atoms with Crippen LogP contribution >= 0.6 is 0 Å². The Balaban J connectivity index is 3.64. The van der Waals surface area contributed by atoms with E-state index in [1.807, 2.05) is 0 Å². The predicted octanol–water partition coefficient (Wildman–Crippen LogP) is 1.17. The Kier molecular flexibility index (Phi) is 13.5. The molecular formula is C13H32O8Si2. The highest BCUT2D eigenvalue weighted by atomic mass is 28.4. The summed E-state index contributed by atoms with van der Waals surface area (Å²) in [5.41, 5.74) is 0. The molecule has 0 aromatic rings. The van der Waals surface area contributed by atoms with Crippen LogP contribution in [0, 0.1) is 0 Å². The quantitative estimate of drug-likeness (QED) is 0.295.